The predicted octanol–water partition coefficient (Wildman–Crippen LogP) is 4.40. The van der Waals surface area contributed by atoms with Gasteiger partial charge in [-0.15, -0.1) is 0 Å². The molecule has 2 aliphatic rings. The number of nitrogens with one attached hydrogen (secondary N) is 1. The van der Waals surface area contributed by atoms with E-state index in [1.807, 2.05) is 30.9 Å². The molecule has 212 valence electrons. The minimum Gasteiger partial charge on any atom is -0.490 e. The number of piperidine rings is 1. The van der Waals surface area contributed by atoms with Crippen LogP contribution in [0.3, 0.4) is 0 Å². The third-order valence-electron chi connectivity index (χ3n) is 7.41. The Morgan fingerprint density at radius 2 is 1.77 bits per heavy atom. The van der Waals surface area contributed by atoms with Crippen molar-refractivity contribution in [2.75, 3.05) is 39.4 Å². The van der Waals surface area contributed by atoms with E-state index < -0.39 is 17.2 Å². The van der Waals surface area contributed by atoms with Crippen molar-refractivity contribution in [1.29, 1.82) is 0 Å². The van der Waals surface area contributed by atoms with E-state index in [2.05, 4.69) is 5.32 Å². The lowest BCUT2D eigenvalue weighted by Gasteiger charge is -2.43. The Morgan fingerprint density at radius 3 is 2.38 bits per heavy atom. The molecule has 0 bridgehead atoms. The van der Waals surface area contributed by atoms with Crippen molar-refractivity contribution < 1.29 is 27.8 Å². The number of ether oxygens (including phenoxy) is 2. The van der Waals surface area contributed by atoms with Crippen LogP contribution in [-0.2, 0) is 20.9 Å². The van der Waals surface area contributed by atoms with Crippen molar-refractivity contribution in [3.05, 3.63) is 63.7 Å². The number of nitrogens with zero attached hydrogens (tertiary/aromatic N) is 2. The number of rotatable bonds is 8. The van der Waals surface area contributed by atoms with Crippen LogP contribution >= 0.6 is 11.6 Å². The molecule has 2 fully saturated rings. The average molecular weight is 564 g/mol. The molecule has 0 spiro atoms. The highest BCUT2D eigenvalue weighted by molar-refractivity contribution is 6.32. The largest absolute Gasteiger partial charge is 0.490 e. The number of morpholine rings is 1. The first-order valence-electron chi connectivity index (χ1n) is 13.3. The first-order valence-corrected chi connectivity index (χ1v) is 13.7. The van der Waals surface area contributed by atoms with Crippen molar-refractivity contribution in [1.82, 2.24) is 15.1 Å². The van der Waals surface area contributed by atoms with Gasteiger partial charge in [0.05, 0.1) is 13.0 Å². The highest BCUT2D eigenvalue weighted by Gasteiger charge is 2.41. The fourth-order valence-corrected chi connectivity index (χ4v) is 5.47. The Bertz CT molecular complexity index is 1160. The summed E-state index contributed by atoms with van der Waals surface area (Å²) in [6.07, 6.45) is 1.41. The van der Waals surface area contributed by atoms with Gasteiger partial charge in [-0.3, -0.25) is 14.5 Å². The van der Waals surface area contributed by atoms with Gasteiger partial charge in [0.1, 0.15) is 29.6 Å². The zero-order valence-corrected chi connectivity index (χ0v) is 23.5. The zero-order valence-electron chi connectivity index (χ0n) is 22.7. The Kier molecular flexibility index (Phi) is 9.46. The topological polar surface area (TPSA) is 71.1 Å². The van der Waals surface area contributed by atoms with Gasteiger partial charge < -0.3 is 19.7 Å². The number of aryl methyl sites for hydroxylation is 2. The first kappa shape index (κ1) is 29.2. The quantitative estimate of drug-likeness (QED) is 0.515. The van der Waals surface area contributed by atoms with E-state index in [0.717, 1.165) is 11.1 Å². The van der Waals surface area contributed by atoms with E-state index >= 15 is 0 Å². The molecule has 1 N–H and O–H groups in total. The molecule has 2 amide bonds. The van der Waals surface area contributed by atoms with Gasteiger partial charge in [0.25, 0.3) is 0 Å². The Labute approximate surface area is 233 Å². The number of amides is 2. The zero-order chi connectivity index (χ0) is 28.2. The lowest BCUT2D eigenvalue weighted by atomic mass is 9.95. The second-order valence-corrected chi connectivity index (χ2v) is 11.0. The van der Waals surface area contributed by atoms with Gasteiger partial charge in [-0.1, -0.05) is 17.7 Å². The van der Waals surface area contributed by atoms with E-state index in [4.69, 9.17) is 21.1 Å². The van der Waals surface area contributed by atoms with Crippen LogP contribution < -0.4 is 10.1 Å². The average Bonchev–Trinajstić information content (AvgIpc) is 2.88. The SMILES string of the molecule is CC(=O)NC1CCN(C(=O)CC2(COc3cc(C)c(Cl)c(C)c3)CN(Cc3c(F)cccc3F)CCO2)CC1. The molecule has 2 aromatic rings. The van der Waals surface area contributed by atoms with E-state index in [0.29, 0.717) is 43.2 Å². The molecule has 2 saturated heterocycles. The van der Waals surface area contributed by atoms with Crippen molar-refractivity contribution in [3.63, 3.8) is 0 Å². The highest BCUT2D eigenvalue weighted by Crippen LogP contribution is 2.30. The van der Waals surface area contributed by atoms with Crippen LogP contribution in [0.2, 0.25) is 5.02 Å². The van der Waals surface area contributed by atoms with Crippen LogP contribution in [-0.4, -0.2) is 72.6 Å². The first-order chi connectivity index (χ1) is 18.5. The minimum absolute atomic E-state index is 0.00969. The molecular formula is C29H36ClF2N3O4. The maximum absolute atomic E-state index is 14.4. The summed E-state index contributed by atoms with van der Waals surface area (Å²) in [5, 5.41) is 3.59. The summed E-state index contributed by atoms with van der Waals surface area (Å²) in [4.78, 5) is 28.6. The summed E-state index contributed by atoms with van der Waals surface area (Å²) in [6, 6.07) is 7.57. The lowest BCUT2D eigenvalue weighted by molar-refractivity contribution is -0.157. The smallest absolute Gasteiger partial charge is 0.225 e. The standard InChI is InChI=1S/C29H36ClF2N3O4/c1-19-13-23(14-20(2)28(19)30)38-18-29(15-27(37)35-9-7-22(8-10-35)33-21(3)36)17-34(11-12-39-29)16-24-25(31)5-4-6-26(24)32/h4-6,13-14,22H,7-12,15-18H2,1-3H3,(H,33,36). The normalized spacial score (nSPS) is 20.6. The van der Waals surface area contributed by atoms with Gasteiger partial charge in [-0.05, 0) is 62.1 Å². The van der Waals surface area contributed by atoms with E-state index in [1.54, 1.807) is 4.90 Å². The number of carbonyl (C=O) groups excluding carboxylic acids is 2. The Hall–Kier alpha value is -2.75. The van der Waals surface area contributed by atoms with Crippen molar-refractivity contribution in [2.45, 2.75) is 58.2 Å². The molecule has 1 unspecified atom stereocenters. The molecular weight excluding hydrogens is 528 g/mol. The second kappa shape index (κ2) is 12.6. The number of carbonyl (C=O) groups is 2. The molecule has 1 atom stereocenters. The Balaban J connectivity index is 1.51. The van der Waals surface area contributed by atoms with Gasteiger partial charge in [-0.2, -0.15) is 0 Å². The van der Waals surface area contributed by atoms with Gasteiger partial charge in [0.2, 0.25) is 11.8 Å². The maximum atomic E-state index is 14.4. The molecule has 39 heavy (non-hydrogen) atoms. The van der Waals surface area contributed by atoms with Gasteiger partial charge in [0.15, 0.2) is 0 Å². The molecule has 7 nitrogen and oxygen atoms in total. The van der Waals surface area contributed by atoms with Gasteiger partial charge >= 0.3 is 0 Å². The predicted molar refractivity (Wildman–Crippen MR) is 145 cm³/mol. The molecule has 2 heterocycles. The van der Waals surface area contributed by atoms with Crippen LogP contribution in [0.25, 0.3) is 0 Å². The lowest BCUT2D eigenvalue weighted by Crippen LogP contribution is -2.57. The van der Waals surface area contributed by atoms with Gasteiger partial charge in [-0.25, -0.2) is 8.78 Å². The molecule has 0 saturated carbocycles. The number of hydrogen-bond acceptors (Lipinski definition) is 5. The monoisotopic (exact) mass is 563 g/mol. The second-order valence-electron chi connectivity index (χ2n) is 10.6. The third kappa shape index (κ3) is 7.47. The van der Waals surface area contributed by atoms with Crippen LogP contribution in [0.5, 0.6) is 5.75 Å². The number of hydrogen-bond donors (Lipinski definition) is 1. The molecule has 0 aromatic heterocycles. The van der Waals surface area contributed by atoms with E-state index in [1.165, 1.54) is 25.1 Å². The number of halogens is 3. The van der Waals surface area contributed by atoms with E-state index in [9.17, 15) is 18.4 Å². The molecule has 0 radical (unpaired) electrons. The van der Waals surface area contributed by atoms with Gasteiger partial charge in [0, 0.05) is 56.3 Å². The summed E-state index contributed by atoms with van der Waals surface area (Å²) in [7, 11) is 0. The fourth-order valence-electron chi connectivity index (χ4n) is 5.36. The Morgan fingerprint density at radius 1 is 1.13 bits per heavy atom. The molecule has 2 aromatic carbocycles. The van der Waals surface area contributed by atoms with Crippen LogP contribution in [0, 0.1) is 25.5 Å². The maximum Gasteiger partial charge on any atom is 0.225 e. The van der Waals surface area contributed by atoms with Crippen LogP contribution in [0.15, 0.2) is 30.3 Å². The summed E-state index contributed by atoms with van der Waals surface area (Å²) in [5.41, 5.74) is 0.720. The number of benzene rings is 2. The highest BCUT2D eigenvalue weighted by atomic mass is 35.5. The molecule has 10 heteroatoms. The minimum atomic E-state index is -1.02. The van der Waals surface area contributed by atoms with E-state index in [-0.39, 0.29) is 56.1 Å². The van der Waals surface area contributed by atoms with Crippen molar-refractivity contribution in [2.24, 2.45) is 0 Å². The molecule has 4 rings (SSSR count). The number of likely N-dealkylation sites (tertiary alicyclic amines) is 1. The summed E-state index contributed by atoms with van der Waals surface area (Å²) >= 11 is 6.32. The van der Waals surface area contributed by atoms with Crippen LogP contribution in [0.4, 0.5) is 8.78 Å². The fraction of sp³-hybridized carbons (Fsp3) is 0.517. The third-order valence-corrected chi connectivity index (χ3v) is 8.01. The van der Waals surface area contributed by atoms with Crippen molar-refractivity contribution >= 4 is 23.4 Å². The molecule has 0 aliphatic carbocycles. The molecule has 2 aliphatic heterocycles. The summed E-state index contributed by atoms with van der Waals surface area (Å²) in [6.45, 7) is 7.49. The van der Waals surface area contributed by atoms with Crippen LogP contribution in [0.1, 0.15) is 42.9 Å². The summed E-state index contributed by atoms with van der Waals surface area (Å²) < 4.78 is 41.3. The summed E-state index contributed by atoms with van der Waals surface area (Å²) in [5.74, 6) is -0.756. The van der Waals surface area contributed by atoms with Crippen molar-refractivity contribution in [3.8, 4) is 5.75 Å².